The van der Waals surface area contributed by atoms with E-state index in [1.54, 1.807) is 12.1 Å². The summed E-state index contributed by atoms with van der Waals surface area (Å²) >= 11 is 6.35. The Morgan fingerprint density at radius 2 is 1.78 bits per heavy atom. The minimum atomic E-state index is -0.408. The van der Waals surface area contributed by atoms with E-state index in [-0.39, 0.29) is 23.7 Å². The average Bonchev–Trinajstić information content (AvgIpc) is 2.83. The topological polar surface area (TPSA) is 84.8 Å². The van der Waals surface area contributed by atoms with Gasteiger partial charge in [0.1, 0.15) is 23.6 Å². The van der Waals surface area contributed by atoms with Gasteiger partial charge in [-0.3, -0.25) is 9.59 Å². The van der Waals surface area contributed by atoms with E-state index in [4.69, 9.17) is 11.6 Å². The van der Waals surface area contributed by atoms with Crippen LogP contribution in [0.5, 0.6) is 0 Å². The third-order valence-corrected chi connectivity index (χ3v) is 6.30. The number of halogens is 1. The first-order valence-electron chi connectivity index (χ1n) is 11.9. The highest BCUT2D eigenvalue weighted by atomic mass is 35.5. The van der Waals surface area contributed by atoms with Crippen LogP contribution in [0, 0.1) is 12.3 Å². The van der Waals surface area contributed by atoms with Crippen molar-refractivity contribution >= 4 is 45.6 Å². The van der Waals surface area contributed by atoms with E-state index in [0.29, 0.717) is 34.9 Å². The van der Waals surface area contributed by atoms with Gasteiger partial charge in [0.05, 0.1) is 10.5 Å². The predicted molar refractivity (Wildman–Crippen MR) is 144 cm³/mol. The van der Waals surface area contributed by atoms with Crippen molar-refractivity contribution < 1.29 is 9.59 Å². The van der Waals surface area contributed by atoms with Crippen LogP contribution in [0.25, 0.3) is 10.9 Å². The first-order chi connectivity index (χ1) is 17.1. The molecule has 0 unspecified atom stereocenters. The quantitative estimate of drug-likeness (QED) is 0.271. The highest BCUT2D eigenvalue weighted by Crippen LogP contribution is 2.27. The maximum atomic E-state index is 13.3. The third-order valence-electron chi connectivity index (χ3n) is 5.99. The summed E-state index contributed by atoms with van der Waals surface area (Å²) in [4.78, 5) is 39.0. The number of fused-ring (bicyclic) bond motifs is 1. The number of benzene rings is 2. The number of nitrogens with one attached hydrogen (secondary N) is 1. The molecule has 7 heteroatoms. The molecule has 0 fully saturated rings. The van der Waals surface area contributed by atoms with Crippen LogP contribution in [0.15, 0.2) is 60.9 Å². The van der Waals surface area contributed by atoms with Crippen molar-refractivity contribution in [1.82, 2.24) is 15.0 Å². The first kappa shape index (κ1) is 25.5. The third kappa shape index (κ3) is 5.94. The van der Waals surface area contributed by atoms with E-state index >= 15 is 0 Å². The van der Waals surface area contributed by atoms with Gasteiger partial charge in [0, 0.05) is 35.0 Å². The Morgan fingerprint density at radius 1 is 1.00 bits per heavy atom. The van der Waals surface area contributed by atoms with Crippen molar-refractivity contribution in [2.24, 2.45) is 5.41 Å². The Labute approximate surface area is 216 Å². The second-order valence-corrected chi connectivity index (χ2v) is 10.3. The number of ketones is 2. The van der Waals surface area contributed by atoms with Gasteiger partial charge >= 0.3 is 0 Å². The number of rotatable bonds is 8. The average molecular weight is 501 g/mol. The van der Waals surface area contributed by atoms with Crippen LogP contribution < -0.4 is 5.32 Å². The summed E-state index contributed by atoms with van der Waals surface area (Å²) in [5.41, 5.74) is 3.99. The number of anilines is 2. The van der Waals surface area contributed by atoms with Crippen LogP contribution in [-0.4, -0.2) is 26.5 Å². The molecule has 0 bridgehead atoms. The number of nitrogens with zero attached hydrogens (tertiary/aromatic N) is 3. The summed E-state index contributed by atoms with van der Waals surface area (Å²) in [6.07, 6.45) is 2.41. The van der Waals surface area contributed by atoms with Crippen molar-refractivity contribution in [2.45, 2.75) is 47.0 Å². The molecule has 1 N–H and O–H groups in total. The van der Waals surface area contributed by atoms with Crippen molar-refractivity contribution in [3.8, 4) is 0 Å². The molecule has 0 spiro atoms. The number of Topliss-reactive ketones (excluding diaryl/α,β-unsaturated/α-hetero) is 2. The van der Waals surface area contributed by atoms with Crippen LogP contribution in [-0.2, 0) is 17.6 Å². The standard InChI is InChI=1S/C29H29ClN4O2/c1-18-7-5-9-21(15-18)34-28-22-10-6-8-19(26(22)31-17-32-28)16-24(35)27-23(30)13-11-20(33-27)12-14-25(36)29(2,3)4/h5-11,13,15,17H,12,14,16H2,1-4H3,(H,31,32,34). The Hall–Kier alpha value is -3.64. The number of para-hydroxylation sites is 1. The minimum absolute atomic E-state index is 0.0926. The molecule has 184 valence electrons. The largest absolute Gasteiger partial charge is 0.340 e. The number of hydrogen-bond donors (Lipinski definition) is 1. The van der Waals surface area contributed by atoms with E-state index in [2.05, 4.69) is 20.3 Å². The van der Waals surface area contributed by atoms with Gasteiger partial charge < -0.3 is 5.32 Å². The molecule has 4 rings (SSSR count). The van der Waals surface area contributed by atoms with Crippen LogP contribution in [0.2, 0.25) is 5.02 Å². The fourth-order valence-electron chi connectivity index (χ4n) is 3.94. The summed E-state index contributed by atoms with van der Waals surface area (Å²) < 4.78 is 0. The van der Waals surface area contributed by atoms with Gasteiger partial charge in [0.2, 0.25) is 0 Å². The predicted octanol–water partition coefficient (Wildman–Crippen LogP) is 6.70. The molecule has 0 amide bonds. The van der Waals surface area contributed by atoms with Gasteiger partial charge in [-0.05, 0) is 54.8 Å². The summed E-state index contributed by atoms with van der Waals surface area (Å²) in [6, 6.07) is 17.2. The SMILES string of the molecule is Cc1cccc(Nc2ncnc3c(CC(=O)c4nc(CCC(=O)C(C)(C)C)ccc4Cl)cccc23)c1. The zero-order valence-electron chi connectivity index (χ0n) is 20.9. The zero-order valence-corrected chi connectivity index (χ0v) is 21.7. The molecule has 4 aromatic rings. The molecule has 36 heavy (non-hydrogen) atoms. The van der Waals surface area contributed by atoms with Gasteiger partial charge in [-0.15, -0.1) is 0 Å². The molecule has 0 aliphatic carbocycles. The smallest absolute Gasteiger partial charge is 0.187 e. The number of pyridine rings is 1. The van der Waals surface area contributed by atoms with Gasteiger partial charge in [-0.1, -0.05) is 56.6 Å². The molecule has 2 aromatic carbocycles. The fraction of sp³-hybridized carbons (Fsp3) is 0.276. The molecule has 0 aliphatic rings. The minimum Gasteiger partial charge on any atom is -0.340 e. The Balaban J connectivity index is 1.57. The molecular weight excluding hydrogens is 472 g/mol. The molecule has 0 saturated carbocycles. The molecule has 0 radical (unpaired) electrons. The Morgan fingerprint density at radius 3 is 2.53 bits per heavy atom. The Bertz CT molecular complexity index is 1440. The van der Waals surface area contributed by atoms with Gasteiger partial charge in [-0.25, -0.2) is 15.0 Å². The van der Waals surface area contributed by atoms with Crippen LogP contribution in [0.1, 0.15) is 54.5 Å². The van der Waals surface area contributed by atoms with Crippen LogP contribution in [0.3, 0.4) is 0 Å². The van der Waals surface area contributed by atoms with Crippen LogP contribution >= 0.6 is 11.6 Å². The lowest BCUT2D eigenvalue weighted by molar-refractivity contribution is -0.126. The monoisotopic (exact) mass is 500 g/mol. The molecule has 0 saturated heterocycles. The molecular formula is C29H29ClN4O2. The lowest BCUT2D eigenvalue weighted by atomic mass is 9.88. The molecule has 2 heterocycles. The highest BCUT2D eigenvalue weighted by Gasteiger charge is 2.21. The number of hydrogen-bond acceptors (Lipinski definition) is 6. The zero-order chi connectivity index (χ0) is 25.9. The van der Waals surface area contributed by atoms with E-state index in [1.807, 2.05) is 70.2 Å². The van der Waals surface area contributed by atoms with E-state index in [1.165, 1.54) is 6.33 Å². The number of aryl methyl sites for hydroxylation is 2. The van der Waals surface area contributed by atoms with Crippen molar-refractivity contribution in [3.63, 3.8) is 0 Å². The number of carbonyl (C=O) groups excluding carboxylic acids is 2. The highest BCUT2D eigenvalue weighted by molar-refractivity contribution is 6.33. The van der Waals surface area contributed by atoms with Crippen molar-refractivity contribution in [2.75, 3.05) is 5.32 Å². The summed E-state index contributed by atoms with van der Waals surface area (Å²) in [5.74, 6) is 0.613. The van der Waals surface area contributed by atoms with E-state index < -0.39 is 5.41 Å². The second kappa shape index (κ2) is 10.5. The molecule has 0 aliphatic heterocycles. The summed E-state index contributed by atoms with van der Waals surface area (Å²) in [7, 11) is 0. The van der Waals surface area contributed by atoms with Gasteiger partial charge in [-0.2, -0.15) is 0 Å². The lowest BCUT2D eigenvalue weighted by Crippen LogP contribution is -2.20. The summed E-state index contributed by atoms with van der Waals surface area (Å²) in [6.45, 7) is 7.73. The lowest BCUT2D eigenvalue weighted by Gasteiger charge is -2.16. The second-order valence-electron chi connectivity index (χ2n) is 9.94. The number of aromatic nitrogens is 3. The molecule has 6 nitrogen and oxygen atoms in total. The summed E-state index contributed by atoms with van der Waals surface area (Å²) in [5, 5.41) is 4.46. The first-order valence-corrected chi connectivity index (χ1v) is 12.3. The maximum Gasteiger partial charge on any atom is 0.187 e. The van der Waals surface area contributed by atoms with Crippen LogP contribution in [0.4, 0.5) is 11.5 Å². The molecule has 2 aromatic heterocycles. The fourth-order valence-corrected chi connectivity index (χ4v) is 4.15. The van der Waals surface area contributed by atoms with Gasteiger partial charge in [0.25, 0.3) is 0 Å². The number of carbonyl (C=O) groups is 2. The maximum absolute atomic E-state index is 13.3. The van der Waals surface area contributed by atoms with E-state index in [0.717, 1.165) is 22.2 Å². The Kier molecular flexibility index (Phi) is 7.45. The normalized spacial score (nSPS) is 11.5. The van der Waals surface area contributed by atoms with Gasteiger partial charge in [0.15, 0.2) is 5.78 Å². The van der Waals surface area contributed by atoms with Crippen molar-refractivity contribution in [3.05, 3.63) is 88.5 Å². The van der Waals surface area contributed by atoms with Crippen molar-refractivity contribution in [1.29, 1.82) is 0 Å². The van der Waals surface area contributed by atoms with E-state index in [9.17, 15) is 9.59 Å². The molecule has 0 atom stereocenters.